The molecule has 1 aromatic heterocycles. The lowest BCUT2D eigenvalue weighted by Gasteiger charge is -1.96. The molecule has 17 heavy (non-hydrogen) atoms. The highest BCUT2D eigenvalue weighted by atomic mass is 79.9. The second-order valence-electron chi connectivity index (χ2n) is 3.53. The topological polar surface area (TPSA) is 98.3 Å². The van der Waals surface area contributed by atoms with E-state index in [4.69, 9.17) is 5.11 Å². The number of hydrogen-bond donors (Lipinski definition) is 1. The van der Waals surface area contributed by atoms with Crippen LogP contribution in [0.15, 0.2) is 10.7 Å². The van der Waals surface area contributed by atoms with Gasteiger partial charge in [-0.2, -0.15) is 4.68 Å². The van der Waals surface area contributed by atoms with E-state index in [-0.39, 0.29) is 12.2 Å². The zero-order chi connectivity index (χ0) is 12.8. The fourth-order valence-corrected chi connectivity index (χ4v) is 1.81. The van der Waals surface area contributed by atoms with E-state index in [9.17, 15) is 14.9 Å². The van der Waals surface area contributed by atoms with Crippen molar-refractivity contribution in [3.63, 3.8) is 0 Å². The maximum absolute atomic E-state index is 10.5. The second-order valence-corrected chi connectivity index (χ2v) is 4.38. The molecule has 0 fully saturated rings. The third-order valence-corrected chi connectivity index (χ3v) is 2.71. The van der Waals surface area contributed by atoms with Gasteiger partial charge in [-0.3, -0.25) is 4.79 Å². The molecule has 1 heterocycles. The predicted octanol–water partition coefficient (Wildman–Crippen LogP) is 2.20. The summed E-state index contributed by atoms with van der Waals surface area (Å²) in [7, 11) is 0. The van der Waals surface area contributed by atoms with Crippen LogP contribution in [0.4, 0.5) is 5.82 Å². The van der Waals surface area contributed by atoms with Gasteiger partial charge in [0.1, 0.15) is 4.47 Å². The lowest BCUT2D eigenvalue weighted by atomic mass is 10.2. The van der Waals surface area contributed by atoms with E-state index in [1.54, 1.807) is 6.20 Å². The monoisotopic (exact) mass is 305 g/mol. The maximum Gasteiger partial charge on any atom is 0.404 e. The van der Waals surface area contributed by atoms with Crippen molar-refractivity contribution in [1.82, 2.24) is 9.78 Å². The number of carboxylic acid groups (broad SMARTS) is 1. The minimum absolute atomic E-state index is 0.156. The molecule has 94 valence electrons. The molecule has 0 spiro atoms. The van der Waals surface area contributed by atoms with Crippen molar-refractivity contribution in [2.24, 2.45) is 0 Å². The van der Waals surface area contributed by atoms with E-state index in [0.717, 1.165) is 12.8 Å². The molecule has 0 saturated carbocycles. The van der Waals surface area contributed by atoms with Crippen LogP contribution < -0.4 is 0 Å². The number of aliphatic carboxylic acids is 1. The molecule has 1 rings (SSSR count). The summed E-state index contributed by atoms with van der Waals surface area (Å²) < 4.78 is 1.84. The van der Waals surface area contributed by atoms with E-state index in [0.29, 0.717) is 17.4 Å². The normalized spacial score (nSPS) is 10.4. The summed E-state index contributed by atoms with van der Waals surface area (Å²) in [6, 6.07) is 0. The van der Waals surface area contributed by atoms with E-state index < -0.39 is 10.9 Å². The minimum atomic E-state index is -0.803. The van der Waals surface area contributed by atoms with Crippen LogP contribution in [0.3, 0.4) is 0 Å². The fourth-order valence-electron chi connectivity index (χ4n) is 1.35. The first-order chi connectivity index (χ1) is 8.00. The number of hydrogen-bond acceptors (Lipinski definition) is 4. The lowest BCUT2D eigenvalue weighted by Crippen LogP contribution is -2.00. The van der Waals surface area contributed by atoms with Gasteiger partial charge in [0.05, 0.1) is 17.8 Å². The van der Waals surface area contributed by atoms with Crippen molar-refractivity contribution in [2.75, 3.05) is 0 Å². The smallest absolute Gasteiger partial charge is 0.404 e. The number of unbranched alkanes of at least 4 members (excludes halogenated alkanes) is 2. The highest BCUT2D eigenvalue weighted by Gasteiger charge is 2.17. The molecule has 1 N–H and O–H groups in total. The van der Waals surface area contributed by atoms with Gasteiger partial charge >= 0.3 is 11.8 Å². The molecule has 0 saturated heterocycles. The number of nitrogens with zero attached hydrogens (tertiary/aromatic N) is 3. The largest absolute Gasteiger partial charge is 0.481 e. The molecular formula is C9H12BrN3O4. The van der Waals surface area contributed by atoms with E-state index in [2.05, 4.69) is 21.0 Å². The van der Waals surface area contributed by atoms with Crippen LogP contribution in [0.1, 0.15) is 25.7 Å². The first-order valence-corrected chi connectivity index (χ1v) is 5.89. The lowest BCUT2D eigenvalue weighted by molar-refractivity contribution is -0.390. The van der Waals surface area contributed by atoms with Crippen molar-refractivity contribution in [3.8, 4) is 0 Å². The Kier molecular flexibility index (Phi) is 5.08. The summed E-state index contributed by atoms with van der Waals surface area (Å²) in [4.78, 5) is 20.2. The van der Waals surface area contributed by atoms with Gasteiger partial charge < -0.3 is 15.2 Å². The predicted molar refractivity (Wildman–Crippen MR) is 62.7 cm³/mol. The van der Waals surface area contributed by atoms with Crippen molar-refractivity contribution in [1.29, 1.82) is 0 Å². The zero-order valence-electron chi connectivity index (χ0n) is 9.00. The Labute approximate surface area is 106 Å². The van der Waals surface area contributed by atoms with Gasteiger partial charge in [-0.25, -0.2) is 0 Å². The molecule has 0 unspecified atom stereocenters. The summed E-state index contributed by atoms with van der Waals surface area (Å²) in [5.74, 6) is -1.00. The van der Waals surface area contributed by atoms with Crippen LogP contribution in [0, 0.1) is 10.1 Å². The Morgan fingerprint density at radius 3 is 2.76 bits per heavy atom. The Bertz CT molecular complexity index is 418. The Morgan fingerprint density at radius 1 is 1.53 bits per heavy atom. The molecule has 0 amide bonds. The first kappa shape index (κ1) is 13.6. The van der Waals surface area contributed by atoms with Crippen LogP contribution in [-0.2, 0) is 11.3 Å². The molecule has 0 aromatic carbocycles. The molecule has 0 aliphatic carbocycles. The summed E-state index contributed by atoms with van der Waals surface area (Å²) in [5, 5.41) is 22.7. The van der Waals surface area contributed by atoms with Crippen molar-refractivity contribution >= 4 is 27.7 Å². The van der Waals surface area contributed by atoms with E-state index in [1.165, 1.54) is 4.68 Å². The molecule has 0 aliphatic rings. The van der Waals surface area contributed by atoms with E-state index >= 15 is 0 Å². The molecule has 0 atom stereocenters. The Hall–Kier alpha value is -1.44. The summed E-state index contributed by atoms with van der Waals surface area (Å²) in [5.41, 5.74) is 0. The molecule has 0 aliphatic heterocycles. The quantitative estimate of drug-likeness (QED) is 0.473. The molecule has 0 bridgehead atoms. The van der Waals surface area contributed by atoms with Crippen molar-refractivity contribution in [3.05, 3.63) is 20.8 Å². The second kappa shape index (κ2) is 6.33. The van der Waals surface area contributed by atoms with Gasteiger partial charge in [-0.1, -0.05) is 6.42 Å². The number of halogens is 1. The SMILES string of the molecule is O=C(O)CCCCCn1cc(Br)c([N+](=O)[O-])n1. The number of carboxylic acids is 1. The van der Waals surface area contributed by atoms with Gasteiger partial charge in [0.2, 0.25) is 0 Å². The van der Waals surface area contributed by atoms with E-state index in [1.807, 2.05) is 0 Å². The third-order valence-electron chi connectivity index (χ3n) is 2.15. The number of carbonyl (C=O) groups is 1. The summed E-state index contributed by atoms with van der Waals surface area (Å²) >= 11 is 3.06. The Balaban J connectivity index is 2.35. The van der Waals surface area contributed by atoms with Gasteiger partial charge in [-0.05, 0) is 33.7 Å². The average Bonchev–Trinajstić information content (AvgIpc) is 2.59. The van der Waals surface area contributed by atoms with Gasteiger partial charge in [0.25, 0.3) is 0 Å². The van der Waals surface area contributed by atoms with Gasteiger partial charge in [-0.15, -0.1) is 0 Å². The molecule has 0 radical (unpaired) electrons. The standard InChI is InChI=1S/C9H12BrN3O4/c10-7-6-12(11-9(7)13(16)17)5-3-1-2-4-8(14)15/h6H,1-5H2,(H,14,15). The van der Waals surface area contributed by atoms with Gasteiger partial charge in [0, 0.05) is 6.42 Å². The maximum atomic E-state index is 10.5. The fraction of sp³-hybridized carbons (Fsp3) is 0.556. The molecule has 8 heteroatoms. The number of aromatic nitrogens is 2. The van der Waals surface area contributed by atoms with Crippen LogP contribution in [0.2, 0.25) is 0 Å². The van der Waals surface area contributed by atoms with Crippen LogP contribution >= 0.6 is 15.9 Å². The number of rotatable bonds is 7. The Morgan fingerprint density at radius 2 is 2.24 bits per heavy atom. The zero-order valence-corrected chi connectivity index (χ0v) is 10.6. The number of aryl methyl sites for hydroxylation is 1. The van der Waals surface area contributed by atoms with Crippen LogP contribution in [0.5, 0.6) is 0 Å². The van der Waals surface area contributed by atoms with Crippen molar-refractivity contribution in [2.45, 2.75) is 32.2 Å². The first-order valence-electron chi connectivity index (χ1n) is 5.10. The highest BCUT2D eigenvalue weighted by Crippen LogP contribution is 2.22. The summed E-state index contributed by atoms with van der Waals surface area (Å²) in [6.07, 6.45) is 3.83. The van der Waals surface area contributed by atoms with Crippen LogP contribution in [-0.4, -0.2) is 25.8 Å². The number of nitro groups is 1. The molecular weight excluding hydrogens is 294 g/mol. The minimum Gasteiger partial charge on any atom is -0.481 e. The van der Waals surface area contributed by atoms with Gasteiger partial charge in [0.15, 0.2) is 0 Å². The third kappa shape index (κ3) is 4.51. The van der Waals surface area contributed by atoms with Crippen molar-refractivity contribution < 1.29 is 14.8 Å². The molecule has 1 aromatic rings. The molecule has 7 nitrogen and oxygen atoms in total. The highest BCUT2D eigenvalue weighted by molar-refractivity contribution is 9.10. The average molecular weight is 306 g/mol. The van der Waals surface area contributed by atoms with Crippen LogP contribution in [0.25, 0.3) is 0 Å². The summed E-state index contributed by atoms with van der Waals surface area (Å²) in [6.45, 7) is 0.548.